The van der Waals surface area contributed by atoms with Crippen LogP contribution in [-0.4, -0.2) is 38.1 Å². The van der Waals surface area contributed by atoms with Gasteiger partial charge < -0.3 is 5.32 Å². The van der Waals surface area contributed by atoms with Crippen LogP contribution in [0, 0.1) is 5.92 Å². The van der Waals surface area contributed by atoms with Gasteiger partial charge in [-0.3, -0.25) is 14.4 Å². The number of sulfonamides is 1. The second-order valence-corrected chi connectivity index (χ2v) is 10.3. The van der Waals surface area contributed by atoms with Crippen LogP contribution in [0.3, 0.4) is 0 Å². The van der Waals surface area contributed by atoms with E-state index in [9.17, 15) is 13.2 Å². The van der Waals surface area contributed by atoms with E-state index < -0.39 is 10.0 Å². The van der Waals surface area contributed by atoms with Crippen LogP contribution in [0.4, 0.5) is 5.69 Å². The molecule has 1 amide bonds. The highest BCUT2D eigenvalue weighted by molar-refractivity contribution is 7.92. The number of carbonyl (C=O) groups is 1. The van der Waals surface area contributed by atoms with Crippen LogP contribution < -0.4 is 10.0 Å². The SMILES string of the molecule is CCCS(=O)(=O)Nc1cccc(C(=O)NCc2ccccc2CN2CCC(C)CC2)c1. The zero-order chi connectivity index (χ0) is 22.3. The third kappa shape index (κ3) is 7.08. The lowest BCUT2D eigenvalue weighted by molar-refractivity contribution is 0.0950. The molecule has 1 fully saturated rings. The number of rotatable bonds is 9. The molecule has 1 saturated heterocycles. The number of anilines is 1. The van der Waals surface area contributed by atoms with E-state index in [-0.39, 0.29) is 11.7 Å². The first-order chi connectivity index (χ1) is 14.9. The van der Waals surface area contributed by atoms with E-state index in [0.29, 0.717) is 24.2 Å². The highest BCUT2D eigenvalue weighted by Gasteiger charge is 2.17. The molecule has 1 aliphatic heterocycles. The first-order valence-electron chi connectivity index (χ1n) is 11.0. The van der Waals surface area contributed by atoms with Crippen molar-refractivity contribution < 1.29 is 13.2 Å². The minimum absolute atomic E-state index is 0.0517. The second kappa shape index (κ2) is 10.8. The molecule has 168 valence electrons. The summed E-state index contributed by atoms with van der Waals surface area (Å²) < 4.78 is 26.5. The summed E-state index contributed by atoms with van der Waals surface area (Å²) in [4.78, 5) is 15.2. The fourth-order valence-corrected chi connectivity index (χ4v) is 4.97. The van der Waals surface area contributed by atoms with Gasteiger partial charge in [-0.25, -0.2) is 8.42 Å². The molecule has 2 aromatic rings. The Balaban J connectivity index is 1.62. The molecule has 0 radical (unpaired) electrons. The van der Waals surface area contributed by atoms with Gasteiger partial charge in [0, 0.05) is 24.3 Å². The molecule has 0 aliphatic carbocycles. The van der Waals surface area contributed by atoms with Crippen LogP contribution in [0.5, 0.6) is 0 Å². The molecule has 31 heavy (non-hydrogen) atoms. The van der Waals surface area contributed by atoms with Crippen molar-refractivity contribution in [2.45, 2.75) is 46.2 Å². The predicted octanol–water partition coefficient (Wildman–Crippen LogP) is 4.00. The first-order valence-corrected chi connectivity index (χ1v) is 12.7. The smallest absolute Gasteiger partial charge is 0.251 e. The Labute approximate surface area is 186 Å². The van der Waals surface area contributed by atoms with Crippen LogP contribution in [0.15, 0.2) is 48.5 Å². The number of hydrogen-bond donors (Lipinski definition) is 2. The quantitative estimate of drug-likeness (QED) is 0.614. The van der Waals surface area contributed by atoms with E-state index in [0.717, 1.165) is 31.1 Å². The van der Waals surface area contributed by atoms with Gasteiger partial charge in [-0.2, -0.15) is 0 Å². The third-order valence-corrected chi connectivity index (χ3v) is 7.19. The molecule has 1 heterocycles. The molecular formula is C24H33N3O3S. The van der Waals surface area contributed by atoms with Crippen molar-refractivity contribution in [2.75, 3.05) is 23.6 Å². The summed E-state index contributed by atoms with van der Waals surface area (Å²) in [5, 5.41) is 2.98. The summed E-state index contributed by atoms with van der Waals surface area (Å²) in [5.41, 5.74) is 3.17. The highest BCUT2D eigenvalue weighted by Crippen LogP contribution is 2.20. The van der Waals surface area contributed by atoms with E-state index in [4.69, 9.17) is 0 Å². The third-order valence-electron chi connectivity index (χ3n) is 5.70. The molecule has 0 saturated carbocycles. The maximum atomic E-state index is 12.7. The molecule has 0 unspecified atom stereocenters. The molecule has 2 N–H and O–H groups in total. The Hall–Kier alpha value is -2.38. The summed E-state index contributed by atoms with van der Waals surface area (Å²) in [6, 6.07) is 14.8. The van der Waals surface area contributed by atoms with Crippen molar-refractivity contribution in [3.05, 3.63) is 65.2 Å². The number of piperidine rings is 1. The van der Waals surface area contributed by atoms with Gasteiger partial charge in [-0.05, 0) is 67.6 Å². The van der Waals surface area contributed by atoms with E-state index in [1.54, 1.807) is 24.3 Å². The average molecular weight is 444 g/mol. The summed E-state index contributed by atoms with van der Waals surface area (Å²) >= 11 is 0. The Kier molecular flexibility index (Phi) is 8.09. The van der Waals surface area contributed by atoms with Crippen LogP contribution in [0.1, 0.15) is 54.6 Å². The monoisotopic (exact) mass is 443 g/mol. The first kappa shape index (κ1) is 23.3. The van der Waals surface area contributed by atoms with Gasteiger partial charge in [-0.15, -0.1) is 0 Å². The van der Waals surface area contributed by atoms with Crippen molar-refractivity contribution in [1.82, 2.24) is 10.2 Å². The van der Waals surface area contributed by atoms with Crippen molar-refractivity contribution in [3.63, 3.8) is 0 Å². The summed E-state index contributed by atoms with van der Waals surface area (Å²) in [6.45, 7) is 7.68. The number of nitrogens with one attached hydrogen (secondary N) is 2. The van der Waals surface area contributed by atoms with Gasteiger partial charge in [0.2, 0.25) is 10.0 Å². The molecule has 0 spiro atoms. The van der Waals surface area contributed by atoms with Crippen molar-refractivity contribution in [2.24, 2.45) is 5.92 Å². The van der Waals surface area contributed by atoms with E-state index >= 15 is 0 Å². The van der Waals surface area contributed by atoms with Gasteiger partial charge in [0.05, 0.1) is 5.75 Å². The second-order valence-electron chi connectivity index (χ2n) is 8.41. The summed E-state index contributed by atoms with van der Waals surface area (Å²) in [5.74, 6) is 0.627. The molecule has 7 heteroatoms. The summed E-state index contributed by atoms with van der Waals surface area (Å²) in [7, 11) is -3.39. The molecule has 1 aliphatic rings. The van der Waals surface area contributed by atoms with Crippen molar-refractivity contribution >= 4 is 21.6 Å². The lowest BCUT2D eigenvalue weighted by atomic mass is 9.98. The molecular weight excluding hydrogens is 410 g/mol. The standard InChI is InChI=1S/C24H33N3O3S/c1-3-15-31(29,30)26-23-10-6-9-20(16-23)24(28)25-17-21-7-4-5-8-22(21)18-27-13-11-19(2)12-14-27/h4-10,16,19,26H,3,11-15,17-18H2,1-2H3,(H,25,28). The fraction of sp³-hybridized carbons (Fsp3) is 0.458. The van der Waals surface area contributed by atoms with Gasteiger partial charge >= 0.3 is 0 Å². The Morgan fingerprint density at radius 2 is 1.77 bits per heavy atom. The number of amides is 1. The Morgan fingerprint density at radius 3 is 2.48 bits per heavy atom. The Morgan fingerprint density at radius 1 is 1.06 bits per heavy atom. The minimum atomic E-state index is -3.39. The number of likely N-dealkylation sites (tertiary alicyclic amines) is 1. The highest BCUT2D eigenvalue weighted by atomic mass is 32.2. The van der Waals surface area contributed by atoms with Crippen molar-refractivity contribution in [1.29, 1.82) is 0 Å². The molecule has 0 bridgehead atoms. The predicted molar refractivity (Wildman–Crippen MR) is 125 cm³/mol. The van der Waals surface area contributed by atoms with E-state index in [1.165, 1.54) is 18.4 Å². The molecule has 3 rings (SSSR count). The normalized spacial score (nSPS) is 15.5. The van der Waals surface area contributed by atoms with Crippen LogP contribution in [0.2, 0.25) is 0 Å². The van der Waals surface area contributed by atoms with Crippen LogP contribution in [-0.2, 0) is 23.1 Å². The molecule has 0 aromatic heterocycles. The molecule has 0 atom stereocenters. The lowest BCUT2D eigenvalue weighted by Crippen LogP contribution is -2.33. The number of nitrogens with zero attached hydrogens (tertiary/aromatic N) is 1. The zero-order valence-electron chi connectivity index (χ0n) is 18.4. The zero-order valence-corrected chi connectivity index (χ0v) is 19.2. The van der Waals surface area contributed by atoms with Crippen LogP contribution >= 0.6 is 0 Å². The van der Waals surface area contributed by atoms with Gasteiger partial charge in [-0.1, -0.05) is 44.2 Å². The van der Waals surface area contributed by atoms with E-state index in [2.05, 4.69) is 34.0 Å². The fourth-order valence-electron chi connectivity index (χ4n) is 3.85. The number of benzene rings is 2. The number of hydrogen-bond acceptors (Lipinski definition) is 4. The maximum Gasteiger partial charge on any atom is 0.251 e. The van der Waals surface area contributed by atoms with Gasteiger partial charge in [0.15, 0.2) is 0 Å². The lowest BCUT2D eigenvalue weighted by Gasteiger charge is -2.30. The summed E-state index contributed by atoms with van der Waals surface area (Å²) in [6.07, 6.45) is 3.00. The van der Waals surface area contributed by atoms with Crippen molar-refractivity contribution in [3.8, 4) is 0 Å². The largest absolute Gasteiger partial charge is 0.348 e. The van der Waals surface area contributed by atoms with Crippen LogP contribution in [0.25, 0.3) is 0 Å². The van der Waals surface area contributed by atoms with Gasteiger partial charge in [0.1, 0.15) is 0 Å². The molecule has 6 nitrogen and oxygen atoms in total. The Bertz CT molecular complexity index is 983. The maximum absolute atomic E-state index is 12.7. The minimum Gasteiger partial charge on any atom is -0.348 e. The van der Waals surface area contributed by atoms with Gasteiger partial charge in [0.25, 0.3) is 5.91 Å². The molecule has 2 aromatic carbocycles. The topological polar surface area (TPSA) is 78.5 Å². The van der Waals surface area contributed by atoms with E-state index in [1.807, 2.05) is 19.1 Å². The average Bonchev–Trinajstić information content (AvgIpc) is 2.74. The number of carbonyl (C=O) groups excluding carboxylic acids is 1.